The Morgan fingerprint density at radius 3 is 1.36 bits per heavy atom. The minimum atomic E-state index is -0.454. The first-order chi connectivity index (χ1) is 10.00. The van der Waals surface area contributed by atoms with Crippen molar-refractivity contribution < 1.29 is 9.59 Å². The van der Waals surface area contributed by atoms with Crippen LogP contribution in [-0.2, 0) is 9.59 Å². The first kappa shape index (κ1) is 20.2. The molecule has 0 aliphatic carbocycles. The van der Waals surface area contributed by atoms with Crippen molar-refractivity contribution in [1.29, 1.82) is 0 Å². The van der Waals surface area contributed by atoms with E-state index in [1.54, 1.807) is 24.3 Å². The molecule has 0 spiro atoms. The molecule has 1 rings (SSSR count). The van der Waals surface area contributed by atoms with Crippen LogP contribution in [0.5, 0.6) is 0 Å². The van der Waals surface area contributed by atoms with Crippen molar-refractivity contribution in [3.05, 3.63) is 24.3 Å². The fraction of sp³-hybridized carbons (Fsp3) is 0.556. The van der Waals surface area contributed by atoms with Crippen molar-refractivity contribution in [2.45, 2.75) is 55.4 Å². The lowest BCUT2D eigenvalue weighted by Crippen LogP contribution is -2.28. The van der Waals surface area contributed by atoms with Gasteiger partial charge in [-0.25, -0.2) is 0 Å². The van der Waals surface area contributed by atoms with Crippen LogP contribution in [0.2, 0.25) is 0 Å². The van der Waals surface area contributed by atoms with Crippen LogP contribution in [-0.4, -0.2) is 11.8 Å². The molecule has 4 heteroatoms. The fourth-order valence-electron chi connectivity index (χ4n) is 1.31. The Bertz CT molecular complexity index is 465. The SMILES string of the molecule is CC.CC(C)(C)C(=O)Nc1cccc(NC(=O)C(C)(C)C)c1. The molecule has 0 fully saturated rings. The van der Waals surface area contributed by atoms with Gasteiger partial charge in [-0.05, 0) is 18.2 Å². The first-order valence-corrected chi connectivity index (χ1v) is 7.73. The third-order valence-corrected chi connectivity index (χ3v) is 2.74. The van der Waals surface area contributed by atoms with Crippen molar-refractivity contribution in [2.75, 3.05) is 10.6 Å². The zero-order valence-electron chi connectivity index (χ0n) is 15.1. The average molecular weight is 306 g/mol. The predicted molar refractivity (Wildman–Crippen MR) is 94.0 cm³/mol. The van der Waals surface area contributed by atoms with Crippen LogP contribution < -0.4 is 10.6 Å². The van der Waals surface area contributed by atoms with Gasteiger partial charge in [-0.2, -0.15) is 0 Å². The van der Waals surface area contributed by atoms with E-state index in [-0.39, 0.29) is 11.8 Å². The maximum atomic E-state index is 11.9. The van der Waals surface area contributed by atoms with E-state index in [0.717, 1.165) is 0 Å². The lowest BCUT2D eigenvalue weighted by molar-refractivity contribution is -0.123. The summed E-state index contributed by atoms with van der Waals surface area (Å²) in [6.45, 7) is 15.1. The molecule has 0 radical (unpaired) electrons. The van der Waals surface area contributed by atoms with E-state index < -0.39 is 10.8 Å². The molecule has 0 heterocycles. The average Bonchev–Trinajstić information content (AvgIpc) is 2.39. The van der Waals surface area contributed by atoms with Gasteiger partial charge >= 0.3 is 0 Å². The highest BCUT2D eigenvalue weighted by Crippen LogP contribution is 2.22. The number of nitrogens with one attached hydrogen (secondary N) is 2. The third-order valence-electron chi connectivity index (χ3n) is 2.74. The van der Waals surface area contributed by atoms with Gasteiger partial charge in [0.2, 0.25) is 11.8 Å². The molecule has 1 aromatic carbocycles. The Kier molecular flexibility index (Phi) is 7.30. The summed E-state index contributed by atoms with van der Waals surface area (Å²) in [6, 6.07) is 7.16. The van der Waals surface area contributed by atoms with E-state index in [4.69, 9.17) is 0 Å². The normalized spacial score (nSPS) is 11.1. The van der Waals surface area contributed by atoms with Gasteiger partial charge in [-0.3, -0.25) is 9.59 Å². The zero-order chi connectivity index (χ0) is 17.6. The van der Waals surface area contributed by atoms with E-state index in [9.17, 15) is 9.59 Å². The van der Waals surface area contributed by atoms with Gasteiger partial charge in [0.05, 0.1) is 0 Å². The molecule has 0 unspecified atom stereocenters. The highest BCUT2D eigenvalue weighted by Gasteiger charge is 2.22. The van der Waals surface area contributed by atoms with Crippen LogP contribution in [0.1, 0.15) is 55.4 Å². The summed E-state index contributed by atoms with van der Waals surface area (Å²) in [5.74, 6) is -0.117. The number of benzene rings is 1. The van der Waals surface area contributed by atoms with Crippen LogP contribution in [0, 0.1) is 10.8 Å². The highest BCUT2D eigenvalue weighted by molar-refractivity contribution is 5.97. The van der Waals surface area contributed by atoms with E-state index in [2.05, 4.69) is 10.6 Å². The van der Waals surface area contributed by atoms with Gasteiger partial charge in [0.25, 0.3) is 0 Å². The second kappa shape index (κ2) is 7.97. The standard InChI is InChI=1S/C16H24N2O2.C2H6/c1-15(2,3)13(19)17-11-8-7-9-12(10-11)18-14(20)16(4,5)6;1-2/h7-10H,1-6H3,(H,17,19)(H,18,20);1-2H3. The summed E-state index contributed by atoms with van der Waals surface area (Å²) >= 11 is 0. The van der Waals surface area contributed by atoms with Gasteiger partial charge in [0.15, 0.2) is 0 Å². The van der Waals surface area contributed by atoms with E-state index in [0.29, 0.717) is 11.4 Å². The first-order valence-electron chi connectivity index (χ1n) is 7.73. The number of anilines is 2. The molecule has 2 amide bonds. The Morgan fingerprint density at radius 1 is 0.773 bits per heavy atom. The molecule has 0 atom stereocenters. The molecular formula is C18H30N2O2. The van der Waals surface area contributed by atoms with Crippen LogP contribution in [0.3, 0.4) is 0 Å². The maximum Gasteiger partial charge on any atom is 0.229 e. The molecule has 0 aliphatic heterocycles. The smallest absolute Gasteiger partial charge is 0.229 e. The second-order valence-electron chi connectivity index (χ2n) is 6.99. The number of carbonyl (C=O) groups is 2. The number of rotatable bonds is 2. The van der Waals surface area contributed by atoms with Crippen LogP contribution in [0.15, 0.2) is 24.3 Å². The summed E-state index contributed by atoms with van der Waals surface area (Å²) in [5.41, 5.74) is 0.447. The van der Waals surface area contributed by atoms with Gasteiger partial charge in [-0.15, -0.1) is 0 Å². The lowest BCUT2D eigenvalue weighted by atomic mass is 9.95. The summed E-state index contributed by atoms with van der Waals surface area (Å²) in [6.07, 6.45) is 0. The van der Waals surface area contributed by atoms with E-state index in [1.807, 2.05) is 55.4 Å². The quantitative estimate of drug-likeness (QED) is 0.833. The Morgan fingerprint density at radius 2 is 1.09 bits per heavy atom. The fourth-order valence-corrected chi connectivity index (χ4v) is 1.31. The lowest BCUT2D eigenvalue weighted by Gasteiger charge is -2.19. The van der Waals surface area contributed by atoms with Crippen molar-refractivity contribution >= 4 is 23.2 Å². The Labute approximate surface area is 134 Å². The molecule has 2 N–H and O–H groups in total. The van der Waals surface area contributed by atoms with E-state index >= 15 is 0 Å². The molecule has 1 aromatic rings. The molecule has 22 heavy (non-hydrogen) atoms. The van der Waals surface area contributed by atoms with Crippen molar-refractivity contribution in [3.63, 3.8) is 0 Å². The summed E-state index contributed by atoms with van der Waals surface area (Å²) < 4.78 is 0. The van der Waals surface area contributed by atoms with Crippen LogP contribution in [0.25, 0.3) is 0 Å². The summed E-state index contributed by atoms with van der Waals surface area (Å²) in [7, 11) is 0. The van der Waals surface area contributed by atoms with Crippen molar-refractivity contribution in [3.8, 4) is 0 Å². The Balaban J connectivity index is 0.00000211. The molecule has 4 nitrogen and oxygen atoms in total. The molecule has 124 valence electrons. The molecule has 0 saturated carbocycles. The molecule has 0 aromatic heterocycles. The summed E-state index contributed by atoms with van der Waals surface area (Å²) in [4.78, 5) is 23.9. The van der Waals surface area contributed by atoms with Crippen molar-refractivity contribution in [2.24, 2.45) is 10.8 Å². The van der Waals surface area contributed by atoms with Gasteiger partial charge in [-0.1, -0.05) is 61.5 Å². The van der Waals surface area contributed by atoms with Crippen LogP contribution in [0.4, 0.5) is 11.4 Å². The third kappa shape index (κ3) is 6.74. The minimum absolute atomic E-state index is 0.0585. The number of carbonyl (C=O) groups excluding carboxylic acids is 2. The Hall–Kier alpha value is -1.84. The second-order valence-corrected chi connectivity index (χ2v) is 6.99. The van der Waals surface area contributed by atoms with Gasteiger partial charge < -0.3 is 10.6 Å². The molecule has 0 bridgehead atoms. The van der Waals surface area contributed by atoms with Gasteiger partial charge in [0, 0.05) is 22.2 Å². The largest absolute Gasteiger partial charge is 0.326 e. The zero-order valence-corrected chi connectivity index (χ0v) is 15.1. The summed E-state index contributed by atoms with van der Waals surface area (Å²) in [5, 5.41) is 5.69. The highest BCUT2D eigenvalue weighted by atomic mass is 16.2. The van der Waals surface area contributed by atoms with Gasteiger partial charge in [0.1, 0.15) is 0 Å². The van der Waals surface area contributed by atoms with Crippen LogP contribution >= 0.6 is 0 Å². The molecule has 0 saturated heterocycles. The molecule has 0 aliphatic rings. The topological polar surface area (TPSA) is 58.2 Å². The minimum Gasteiger partial charge on any atom is -0.326 e. The van der Waals surface area contributed by atoms with E-state index in [1.165, 1.54) is 0 Å². The monoisotopic (exact) mass is 306 g/mol. The number of amides is 2. The number of hydrogen-bond acceptors (Lipinski definition) is 2. The van der Waals surface area contributed by atoms with Crippen molar-refractivity contribution in [1.82, 2.24) is 0 Å². The molecular weight excluding hydrogens is 276 g/mol. The number of hydrogen-bond donors (Lipinski definition) is 2. The predicted octanol–water partition coefficient (Wildman–Crippen LogP) is 4.68. The maximum absolute atomic E-state index is 11.9.